The predicted molar refractivity (Wildman–Crippen MR) is 68.9 cm³/mol. The van der Waals surface area contributed by atoms with Crippen LogP contribution in [0.3, 0.4) is 0 Å². The van der Waals surface area contributed by atoms with Crippen LogP contribution in [0.25, 0.3) is 0 Å². The molecule has 2 rings (SSSR count). The molecule has 0 radical (unpaired) electrons. The average molecular weight is 264 g/mol. The summed E-state index contributed by atoms with van der Waals surface area (Å²) in [4.78, 5) is 4.11. The number of nitrogens with one attached hydrogen (secondary N) is 1. The molecule has 1 aromatic carbocycles. The van der Waals surface area contributed by atoms with Crippen LogP contribution in [0.4, 0.5) is 4.39 Å². The molecule has 19 heavy (non-hydrogen) atoms. The molecule has 5 heteroatoms. The number of oxazole rings is 1. The van der Waals surface area contributed by atoms with Gasteiger partial charge in [0.15, 0.2) is 0 Å². The second kappa shape index (κ2) is 6.45. The molecule has 1 unspecified atom stereocenters. The summed E-state index contributed by atoms with van der Waals surface area (Å²) in [5.41, 5.74) is 0.676. The zero-order valence-corrected chi connectivity index (χ0v) is 10.8. The minimum atomic E-state index is -0.679. The van der Waals surface area contributed by atoms with Gasteiger partial charge in [0.25, 0.3) is 0 Å². The summed E-state index contributed by atoms with van der Waals surface area (Å²) in [7, 11) is 0. The summed E-state index contributed by atoms with van der Waals surface area (Å²) in [5.74, 6) is 1.13. The Bertz CT molecular complexity index is 510. The molecule has 0 saturated carbocycles. The van der Waals surface area contributed by atoms with Crippen LogP contribution in [0, 0.1) is 5.82 Å². The first-order valence-electron chi connectivity index (χ1n) is 6.27. The van der Waals surface area contributed by atoms with E-state index in [4.69, 9.17) is 4.42 Å². The van der Waals surface area contributed by atoms with Crippen LogP contribution in [0.15, 0.2) is 34.9 Å². The summed E-state index contributed by atoms with van der Waals surface area (Å²) in [5, 5.41) is 13.0. The van der Waals surface area contributed by atoms with Gasteiger partial charge < -0.3 is 14.8 Å². The number of aliphatic hydroxyl groups excluding tert-OH is 1. The van der Waals surface area contributed by atoms with Crippen LogP contribution in [0.2, 0.25) is 0 Å². The predicted octanol–water partition coefficient (Wildman–Crippen LogP) is 2.20. The van der Waals surface area contributed by atoms with E-state index in [2.05, 4.69) is 10.3 Å². The van der Waals surface area contributed by atoms with Gasteiger partial charge in [0.2, 0.25) is 5.89 Å². The number of rotatable bonds is 6. The van der Waals surface area contributed by atoms with Crippen molar-refractivity contribution in [2.45, 2.75) is 26.0 Å². The Morgan fingerprint density at radius 2 is 2.11 bits per heavy atom. The lowest BCUT2D eigenvalue weighted by Crippen LogP contribution is -2.21. The van der Waals surface area contributed by atoms with E-state index in [1.807, 2.05) is 6.92 Å². The fourth-order valence-corrected chi connectivity index (χ4v) is 1.71. The van der Waals surface area contributed by atoms with Gasteiger partial charge in [-0.3, -0.25) is 0 Å². The summed E-state index contributed by atoms with van der Waals surface area (Å²) < 4.78 is 18.2. The Morgan fingerprint density at radius 1 is 1.37 bits per heavy atom. The van der Waals surface area contributed by atoms with Gasteiger partial charge in [0.05, 0.1) is 18.8 Å². The first-order chi connectivity index (χ1) is 9.19. The lowest BCUT2D eigenvalue weighted by Gasteiger charge is -2.11. The Morgan fingerprint density at radius 3 is 2.74 bits per heavy atom. The third-order valence-electron chi connectivity index (χ3n) is 2.82. The highest BCUT2D eigenvalue weighted by Crippen LogP contribution is 2.12. The number of hydrogen-bond acceptors (Lipinski definition) is 4. The standard InChI is InChI=1S/C14H17FN2O2/c1-2-12-7-17-14(19-12)9-16-8-13(18)10-3-5-11(15)6-4-10/h3-7,13,16,18H,2,8-9H2,1H3. The number of aromatic nitrogens is 1. The molecular formula is C14H17FN2O2. The Hall–Kier alpha value is -1.72. The van der Waals surface area contributed by atoms with Gasteiger partial charge in [-0.2, -0.15) is 0 Å². The number of hydrogen-bond donors (Lipinski definition) is 2. The van der Waals surface area contributed by atoms with Crippen LogP contribution < -0.4 is 5.32 Å². The van der Waals surface area contributed by atoms with Crippen LogP contribution in [-0.4, -0.2) is 16.6 Å². The molecule has 1 atom stereocenters. The zero-order valence-electron chi connectivity index (χ0n) is 10.8. The van der Waals surface area contributed by atoms with E-state index in [1.54, 1.807) is 18.3 Å². The van der Waals surface area contributed by atoms with E-state index in [0.29, 0.717) is 24.5 Å². The maximum Gasteiger partial charge on any atom is 0.208 e. The first-order valence-corrected chi connectivity index (χ1v) is 6.27. The third-order valence-corrected chi connectivity index (χ3v) is 2.82. The van der Waals surface area contributed by atoms with Crippen LogP contribution in [0.5, 0.6) is 0 Å². The van der Waals surface area contributed by atoms with Gasteiger partial charge in [-0.25, -0.2) is 9.37 Å². The number of aliphatic hydroxyl groups is 1. The maximum atomic E-state index is 12.7. The minimum Gasteiger partial charge on any atom is -0.444 e. The van der Waals surface area contributed by atoms with Gasteiger partial charge in [0, 0.05) is 13.0 Å². The van der Waals surface area contributed by atoms with E-state index in [-0.39, 0.29) is 5.82 Å². The fourth-order valence-electron chi connectivity index (χ4n) is 1.71. The topological polar surface area (TPSA) is 58.3 Å². The second-order valence-electron chi connectivity index (χ2n) is 4.27. The van der Waals surface area contributed by atoms with Gasteiger partial charge in [-0.05, 0) is 17.7 Å². The molecule has 2 N–H and O–H groups in total. The van der Waals surface area contributed by atoms with Crippen LogP contribution in [-0.2, 0) is 13.0 Å². The van der Waals surface area contributed by atoms with Crippen molar-refractivity contribution in [3.63, 3.8) is 0 Å². The zero-order chi connectivity index (χ0) is 13.7. The van der Waals surface area contributed by atoms with E-state index >= 15 is 0 Å². The highest BCUT2D eigenvalue weighted by Gasteiger charge is 2.08. The van der Waals surface area contributed by atoms with Gasteiger partial charge >= 0.3 is 0 Å². The molecule has 0 fully saturated rings. The number of halogens is 1. The number of nitrogens with zero attached hydrogens (tertiary/aromatic N) is 1. The summed E-state index contributed by atoms with van der Waals surface area (Å²) in [6.45, 7) is 2.81. The van der Waals surface area contributed by atoms with Crippen molar-refractivity contribution in [1.29, 1.82) is 0 Å². The normalized spacial score (nSPS) is 12.6. The monoisotopic (exact) mass is 264 g/mol. The molecule has 1 aromatic heterocycles. The first kappa shape index (κ1) is 13.7. The second-order valence-corrected chi connectivity index (χ2v) is 4.27. The Kier molecular flexibility index (Phi) is 4.65. The van der Waals surface area contributed by atoms with Crippen molar-refractivity contribution < 1.29 is 13.9 Å². The average Bonchev–Trinajstić information content (AvgIpc) is 2.87. The molecule has 0 aliphatic heterocycles. The maximum absolute atomic E-state index is 12.7. The van der Waals surface area contributed by atoms with Crippen LogP contribution >= 0.6 is 0 Å². The molecular weight excluding hydrogens is 247 g/mol. The summed E-state index contributed by atoms with van der Waals surface area (Å²) in [6, 6.07) is 5.81. The molecule has 0 aliphatic carbocycles. The molecule has 4 nitrogen and oxygen atoms in total. The van der Waals surface area contributed by atoms with Crippen molar-refractivity contribution in [3.05, 3.63) is 53.5 Å². The van der Waals surface area contributed by atoms with E-state index in [0.717, 1.165) is 12.2 Å². The molecule has 0 amide bonds. The van der Waals surface area contributed by atoms with Gasteiger partial charge in [0.1, 0.15) is 11.6 Å². The minimum absolute atomic E-state index is 0.309. The Labute approximate surface area is 111 Å². The quantitative estimate of drug-likeness (QED) is 0.839. The fraction of sp³-hybridized carbons (Fsp3) is 0.357. The van der Waals surface area contributed by atoms with E-state index in [1.165, 1.54) is 12.1 Å². The lowest BCUT2D eigenvalue weighted by molar-refractivity contribution is 0.173. The largest absolute Gasteiger partial charge is 0.444 e. The third kappa shape index (κ3) is 3.87. The van der Waals surface area contributed by atoms with Crippen molar-refractivity contribution in [3.8, 4) is 0 Å². The summed E-state index contributed by atoms with van der Waals surface area (Å²) >= 11 is 0. The molecule has 1 heterocycles. The van der Waals surface area contributed by atoms with Crippen molar-refractivity contribution in [2.75, 3.05) is 6.54 Å². The molecule has 2 aromatic rings. The SMILES string of the molecule is CCc1cnc(CNCC(O)c2ccc(F)cc2)o1. The molecule has 102 valence electrons. The van der Waals surface area contributed by atoms with Gasteiger partial charge in [-0.15, -0.1) is 0 Å². The lowest BCUT2D eigenvalue weighted by atomic mass is 10.1. The molecule has 0 bridgehead atoms. The molecule has 0 spiro atoms. The molecule has 0 aliphatic rings. The van der Waals surface area contributed by atoms with Crippen molar-refractivity contribution in [2.24, 2.45) is 0 Å². The Balaban J connectivity index is 1.80. The van der Waals surface area contributed by atoms with Crippen LogP contribution in [0.1, 0.15) is 30.2 Å². The van der Waals surface area contributed by atoms with Gasteiger partial charge in [-0.1, -0.05) is 19.1 Å². The highest BCUT2D eigenvalue weighted by atomic mass is 19.1. The highest BCUT2D eigenvalue weighted by molar-refractivity contribution is 5.18. The smallest absolute Gasteiger partial charge is 0.208 e. The van der Waals surface area contributed by atoms with Crippen molar-refractivity contribution in [1.82, 2.24) is 10.3 Å². The van der Waals surface area contributed by atoms with E-state index < -0.39 is 6.10 Å². The van der Waals surface area contributed by atoms with Crippen molar-refractivity contribution >= 4 is 0 Å². The van der Waals surface area contributed by atoms with E-state index in [9.17, 15) is 9.50 Å². The summed E-state index contributed by atoms with van der Waals surface area (Å²) in [6.07, 6.45) is 1.83. The number of benzene rings is 1. The molecule has 0 saturated heterocycles. The number of aryl methyl sites for hydroxylation is 1.